The first kappa shape index (κ1) is 19.0. The van der Waals surface area contributed by atoms with E-state index < -0.39 is 23.0 Å². The number of piperazine rings is 1. The Morgan fingerprint density at radius 3 is 2.30 bits per heavy atom. The number of hydrogen-bond acceptors (Lipinski definition) is 5. The van der Waals surface area contributed by atoms with Crippen LogP contribution in [-0.2, 0) is 6.18 Å². The second kappa shape index (κ2) is 7.47. The zero-order chi connectivity index (χ0) is 19.6. The minimum absolute atomic E-state index is 0.0455. The Morgan fingerprint density at radius 1 is 1.15 bits per heavy atom. The third-order valence-electron chi connectivity index (χ3n) is 4.09. The first-order valence-corrected chi connectivity index (χ1v) is 8.31. The summed E-state index contributed by atoms with van der Waals surface area (Å²) in [5.41, 5.74) is 0.404. The summed E-state index contributed by atoms with van der Waals surface area (Å²) in [6.07, 6.45) is -4.90. The number of benzene rings is 1. The normalized spacial score (nSPS) is 15.0. The highest BCUT2D eigenvalue weighted by atomic mass is 35.5. The van der Waals surface area contributed by atoms with Crippen LogP contribution < -0.4 is 10.2 Å². The van der Waals surface area contributed by atoms with Gasteiger partial charge >= 0.3 is 12.3 Å². The van der Waals surface area contributed by atoms with Crippen molar-refractivity contribution in [1.82, 2.24) is 14.9 Å². The lowest BCUT2D eigenvalue weighted by Crippen LogP contribution is -2.48. The number of rotatable bonds is 3. The van der Waals surface area contributed by atoms with Crippen molar-refractivity contribution >= 4 is 35.0 Å². The molecule has 7 nitrogen and oxygen atoms in total. The molecule has 1 fully saturated rings. The molecule has 0 spiro atoms. The number of aromatic nitrogens is 2. The number of hydrogen-bond donors (Lipinski definition) is 2. The molecule has 1 aliphatic heterocycles. The van der Waals surface area contributed by atoms with E-state index in [4.69, 9.17) is 16.7 Å². The van der Waals surface area contributed by atoms with E-state index in [1.165, 1.54) is 4.90 Å². The molecule has 1 aromatic heterocycles. The predicted octanol–water partition coefficient (Wildman–Crippen LogP) is 3.69. The van der Waals surface area contributed by atoms with Gasteiger partial charge in [-0.2, -0.15) is 13.2 Å². The maximum absolute atomic E-state index is 12.7. The van der Waals surface area contributed by atoms with Gasteiger partial charge in [-0.1, -0.05) is 11.6 Å². The molecule has 144 valence electrons. The predicted molar refractivity (Wildman–Crippen MR) is 93.6 cm³/mol. The summed E-state index contributed by atoms with van der Waals surface area (Å²) in [5.74, 6) is -0.0455. The molecule has 1 aromatic carbocycles. The van der Waals surface area contributed by atoms with Gasteiger partial charge in [0.25, 0.3) is 0 Å². The van der Waals surface area contributed by atoms with E-state index >= 15 is 0 Å². The van der Waals surface area contributed by atoms with Gasteiger partial charge in [0, 0.05) is 43.8 Å². The van der Waals surface area contributed by atoms with E-state index in [1.54, 1.807) is 12.1 Å². The van der Waals surface area contributed by atoms with Crippen LogP contribution in [0.25, 0.3) is 0 Å². The minimum atomic E-state index is -4.61. The van der Waals surface area contributed by atoms with Gasteiger partial charge in [0.15, 0.2) is 0 Å². The molecule has 0 saturated carbocycles. The number of halogens is 4. The Kier molecular flexibility index (Phi) is 5.26. The highest BCUT2D eigenvalue weighted by molar-refractivity contribution is 6.30. The van der Waals surface area contributed by atoms with Crippen LogP contribution >= 0.6 is 11.6 Å². The molecule has 2 N–H and O–H groups in total. The molecule has 2 heterocycles. The van der Waals surface area contributed by atoms with Crippen LogP contribution in [0.5, 0.6) is 0 Å². The van der Waals surface area contributed by atoms with Crippen molar-refractivity contribution in [2.75, 3.05) is 36.4 Å². The standard InChI is InChI=1S/C16H15ClF3N5O2/c17-13-12(16(18,19)20)9-21-14(23-13)22-10-1-3-11(4-2-10)24-5-7-25(8-6-24)15(26)27/h1-4,9H,5-8H2,(H,26,27)(H,21,22,23). The fraction of sp³-hybridized carbons (Fsp3) is 0.312. The molecule has 3 rings (SSSR count). The Morgan fingerprint density at radius 2 is 1.78 bits per heavy atom. The van der Waals surface area contributed by atoms with Crippen LogP contribution in [0.15, 0.2) is 30.5 Å². The fourth-order valence-electron chi connectivity index (χ4n) is 2.65. The van der Waals surface area contributed by atoms with Gasteiger partial charge in [-0.25, -0.2) is 14.8 Å². The van der Waals surface area contributed by atoms with Crippen molar-refractivity contribution in [3.05, 3.63) is 41.2 Å². The molecule has 11 heteroatoms. The van der Waals surface area contributed by atoms with Gasteiger partial charge in [-0.3, -0.25) is 0 Å². The summed E-state index contributed by atoms with van der Waals surface area (Å²) in [4.78, 5) is 21.6. The quantitative estimate of drug-likeness (QED) is 0.763. The molecule has 0 unspecified atom stereocenters. The van der Waals surface area contributed by atoms with E-state index in [0.717, 1.165) is 5.69 Å². The second-order valence-corrected chi connectivity index (χ2v) is 6.18. The molecule has 1 aliphatic rings. The van der Waals surface area contributed by atoms with Crippen LogP contribution in [0.4, 0.5) is 35.3 Å². The zero-order valence-electron chi connectivity index (χ0n) is 13.9. The topological polar surface area (TPSA) is 81.6 Å². The van der Waals surface area contributed by atoms with Crippen molar-refractivity contribution in [1.29, 1.82) is 0 Å². The summed E-state index contributed by atoms with van der Waals surface area (Å²) < 4.78 is 38.0. The summed E-state index contributed by atoms with van der Waals surface area (Å²) in [6.45, 7) is 2.01. The number of carboxylic acid groups (broad SMARTS) is 1. The van der Waals surface area contributed by atoms with Gasteiger partial charge < -0.3 is 20.2 Å². The average Bonchev–Trinajstić information content (AvgIpc) is 2.61. The first-order valence-electron chi connectivity index (χ1n) is 7.93. The smallest absolute Gasteiger partial charge is 0.420 e. The highest BCUT2D eigenvalue weighted by Crippen LogP contribution is 2.33. The highest BCUT2D eigenvalue weighted by Gasteiger charge is 2.34. The number of anilines is 3. The lowest BCUT2D eigenvalue weighted by Gasteiger charge is -2.34. The van der Waals surface area contributed by atoms with Crippen molar-refractivity contribution < 1.29 is 23.1 Å². The van der Waals surface area contributed by atoms with Crippen LogP contribution in [0.2, 0.25) is 5.15 Å². The molecule has 0 radical (unpaired) electrons. The van der Waals surface area contributed by atoms with Crippen LogP contribution in [0.3, 0.4) is 0 Å². The van der Waals surface area contributed by atoms with Crippen LogP contribution in [-0.4, -0.2) is 52.2 Å². The van der Waals surface area contributed by atoms with E-state index in [9.17, 15) is 18.0 Å². The van der Waals surface area contributed by atoms with Crippen molar-refractivity contribution in [3.63, 3.8) is 0 Å². The molecule has 0 aliphatic carbocycles. The largest absolute Gasteiger partial charge is 0.465 e. The number of alkyl halides is 3. The maximum atomic E-state index is 12.7. The van der Waals surface area contributed by atoms with Crippen molar-refractivity contribution in [2.45, 2.75) is 6.18 Å². The van der Waals surface area contributed by atoms with Crippen molar-refractivity contribution in [3.8, 4) is 0 Å². The molecule has 27 heavy (non-hydrogen) atoms. The fourth-order valence-corrected chi connectivity index (χ4v) is 2.89. The zero-order valence-corrected chi connectivity index (χ0v) is 14.6. The Hall–Kier alpha value is -2.75. The molecular weight excluding hydrogens is 387 g/mol. The average molecular weight is 402 g/mol. The molecule has 1 amide bonds. The van der Waals surface area contributed by atoms with E-state index in [-0.39, 0.29) is 5.95 Å². The van der Waals surface area contributed by atoms with Gasteiger partial charge in [0.05, 0.1) is 0 Å². The van der Waals surface area contributed by atoms with Gasteiger partial charge in [-0.15, -0.1) is 0 Å². The Balaban J connectivity index is 1.65. The second-order valence-electron chi connectivity index (χ2n) is 5.82. The number of amides is 1. The third kappa shape index (κ3) is 4.51. The third-order valence-corrected chi connectivity index (χ3v) is 4.37. The molecule has 0 atom stereocenters. The summed E-state index contributed by atoms with van der Waals surface area (Å²) in [7, 11) is 0. The number of nitrogens with one attached hydrogen (secondary N) is 1. The molecule has 2 aromatic rings. The number of nitrogens with zero attached hydrogens (tertiary/aromatic N) is 4. The monoisotopic (exact) mass is 401 g/mol. The minimum Gasteiger partial charge on any atom is -0.465 e. The summed E-state index contributed by atoms with van der Waals surface area (Å²) in [6, 6.07) is 7.11. The Bertz CT molecular complexity index is 824. The molecule has 1 saturated heterocycles. The van der Waals surface area contributed by atoms with E-state index in [1.807, 2.05) is 12.1 Å². The summed E-state index contributed by atoms with van der Waals surface area (Å²) >= 11 is 5.58. The molecule has 0 bridgehead atoms. The SMILES string of the molecule is O=C(O)N1CCN(c2ccc(Nc3ncc(C(F)(F)F)c(Cl)n3)cc2)CC1. The maximum Gasteiger partial charge on any atom is 0.420 e. The lowest BCUT2D eigenvalue weighted by atomic mass is 10.2. The van der Waals surface area contributed by atoms with Crippen LogP contribution in [0, 0.1) is 0 Å². The van der Waals surface area contributed by atoms with Gasteiger partial charge in [-0.05, 0) is 24.3 Å². The van der Waals surface area contributed by atoms with E-state index in [2.05, 4.69) is 20.2 Å². The van der Waals surface area contributed by atoms with Crippen LogP contribution in [0.1, 0.15) is 5.56 Å². The van der Waals surface area contributed by atoms with E-state index in [0.29, 0.717) is 38.1 Å². The molecular formula is C16H15ClF3N5O2. The Labute approximate surface area is 157 Å². The summed E-state index contributed by atoms with van der Waals surface area (Å²) in [5, 5.41) is 11.1. The first-order chi connectivity index (χ1) is 12.7. The van der Waals surface area contributed by atoms with Gasteiger partial charge in [0.2, 0.25) is 5.95 Å². The lowest BCUT2D eigenvalue weighted by molar-refractivity contribution is -0.137. The number of carbonyl (C=O) groups is 1. The van der Waals surface area contributed by atoms with Crippen molar-refractivity contribution in [2.24, 2.45) is 0 Å². The van der Waals surface area contributed by atoms with Gasteiger partial charge in [0.1, 0.15) is 10.7 Å².